The molecular formula is C8H9O2. The molecule has 0 spiro atoms. The first-order valence-electron chi connectivity index (χ1n) is 3.10. The molecular weight excluding hydrogens is 128 g/mol. The molecule has 0 saturated heterocycles. The molecule has 2 nitrogen and oxygen atoms in total. The molecule has 0 amide bonds. The lowest BCUT2D eigenvalue weighted by atomic mass is 10.1. The molecule has 0 heterocycles. The second kappa shape index (κ2) is 3.34. The van der Waals surface area contributed by atoms with Gasteiger partial charge in [0.05, 0.1) is 0 Å². The van der Waals surface area contributed by atoms with E-state index in [-0.39, 0.29) is 6.42 Å². The van der Waals surface area contributed by atoms with E-state index in [4.69, 9.17) is 10.2 Å². The first kappa shape index (κ1) is 7.25. The summed E-state index contributed by atoms with van der Waals surface area (Å²) in [5.41, 5.74) is 0.911. The quantitative estimate of drug-likeness (QED) is 0.577. The molecule has 0 atom stereocenters. The summed E-state index contributed by atoms with van der Waals surface area (Å²) in [6.45, 7) is 0. The number of aliphatic hydroxyl groups is 2. The largest absolute Gasteiger partial charge is 0.368 e. The molecule has 1 rings (SSSR count). The minimum Gasteiger partial charge on any atom is -0.368 e. The van der Waals surface area contributed by atoms with Crippen LogP contribution in [0.2, 0.25) is 0 Å². The fourth-order valence-corrected chi connectivity index (χ4v) is 0.768. The second-order valence-electron chi connectivity index (χ2n) is 2.09. The Bertz CT molecular complexity index is 182. The first-order valence-corrected chi connectivity index (χ1v) is 3.10. The van der Waals surface area contributed by atoms with E-state index in [9.17, 15) is 0 Å². The van der Waals surface area contributed by atoms with Gasteiger partial charge >= 0.3 is 0 Å². The summed E-state index contributed by atoms with van der Waals surface area (Å²) in [4.78, 5) is 0. The maximum absolute atomic E-state index is 8.55. The summed E-state index contributed by atoms with van der Waals surface area (Å²) >= 11 is 0. The molecule has 2 N–H and O–H groups in total. The summed E-state index contributed by atoms with van der Waals surface area (Å²) in [6, 6.07) is 9.95. The zero-order valence-electron chi connectivity index (χ0n) is 5.49. The van der Waals surface area contributed by atoms with Gasteiger partial charge in [0.2, 0.25) is 0 Å². The molecule has 0 bridgehead atoms. The fraction of sp³-hybridized carbons (Fsp3) is 0.250. The Morgan fingerprint density at radius 1 is 1.30 bits per heavy atom. The van der Waals surface area contributed by atoms with Crippen LogP contribution in [0.5, 0.6) is 0 Å². The third-order valence-corrected chi connectivity index (χ3v) is 1.21. The van der Waals surface area contributed by atoms with Crippen LogP contribution in [-0.4, -0.2) is 16.5 Å². The van der Waals surface area contributed by atoms with Crippen molar-refractivity contribution in [3.8, 4) is 0 Å². The topological polar surface area (TPSA) is 40.5 Å². The monoisotopic (exact) mass is 137 g/mol. The van der Waals surface area contributed by atoms with Gasteiger partial charge in [-0.1, -0.05) is 24.3 Å². The molecule has 0 aliphatic rings. The zero-order valence-corrected chi connectivity index (χ0v) is 5.49. The van der Waals surface area contributed by atoms with E-state index in [1.807, 2.05) is 0 Å². The van der Waals surface area contributed by atoms with Gasteiger partial charge in [-0.25, -0.2) is 0 Å². The lowest BCUT2D eigenvalue weighted by Gasteiger charge is -2.01. The van der Waals surface area contributed by atoms with E-state index >= 15 is 0 Å². The van der Waals surface area contributed by atoms with Crippen LogP contribution >= 0.6 is 0 Å². The van der Waals surface area contributed by atoms with Crippen LogP contribution in [0.3, 0.4) is 0 Å². The van der Waals surface area contributed by atoms with Crippen LogP contribution in [0.25, 0.3) is 0 Å². The number of aliphatic hydroxyl groups excluding tert-OH is 1. The zero-order chi connectivity index (χ0) is 7.40. The lowest BCUT2D eigenvalue weighted by molar-refractivity contribution is -0.0381. The molecule has 53 valence electrons. The van der Waals surface area contributed by atoms with Gasteiger partial charge in [0.1, 0.15) is 0 Å². The van der Waals surface area contributed by atoms with E-state index in [2.05, 4.69) is 6.07 Å². The Labute approximate surface area is 59.7 Å². The standard InChI is InChI=1S/C8H9O2/c9-8(10)6-7-4-2-1-3-5-7/h2-5,8-10H,6H2. The summed E-state index contributed by atoms with van der Waals surface area (Å²) in [6.07, 6.45) is -0.961. The van der Waals surface area contributed by atoms with Crippen molar-refractivity contribution in [2.45, 2.75) is 12.7 Å². The van der Waals surface area contributed by atoms with E-state index in [0.29, 0.717) is 0 Å². The smallest absolute Gasteiger partial charge is 0.155 e. The first-order chi connectivity index (χ1) is 4.79. The maximum atomic E-state index is 8.55. The Morgan fingerprint density at radius 2 is 1.90 bits per heavy atom. The summed E-state index contributed by atoms with van der Waals surface area (Å²) in [5.74, 6) is 0. The van der Waals surface area contributed by atoms with Gasteiger partial charge < -0.3 is 10.2 Å². The Morgan fingerprint density at radius 3 is 2.40 bits per heavy atom. The predicted octanol–water partition coefficient (Wildman–Crippen LogP) is 0.340. The highest BCUT2D eigenvalue weighted by Gasteiger charge is 1.97. The number of rotatable bonds is 2. The minimum absolute atomic E-state index is 0.286. The van der Waals surface area contributed by atoms with Gasteiger partial charge in [-0.05, 0) is 11.6 Å². The Kier molecular flexibility index (Phi) is 2.42. The number of hydrogen-bond acceptors (Lipinski definition) is 2. The summed E-state index contributed by atoms with van der Waals surface area (Å²) in [7, 11) is 0. The van der Waals surface area contributed by atoms with Crippen LogP contribution in [0.1, 0.15) is 5.56 Å². The molecule has 1 aromatic rings. The van der Waals surface area contributed by atoms with Crippen LogP contribution in [0.15, 0.2) is 24.3 Å². The highest BCUT2D eigenvalue weighted by Crippen LogP contribution is 1.99. The SMILES string of the molecule is OC(O)Cc1cc[c]cc1. The molecule has 0 aromatic heterocycles. The summed E-state index contributed by atoms with van der Waals surface area (Å²) in [5, 5.41) is 17.1. The lowest BCUT2D eigenvalue weighted by Crippen LogP contribution is -2.07. The van der Waals surface area contributed by atoms with E-state index in [1.54, 1.807) is 24.3 Å². The predicted molar refractivity (Wildman–Crippen MR) is 37.2 cm³/mol. The van der Waals surface area contributed by atoms with Crippen LogP contribution in [-0.2, 0) is 6.42 Å². The number of benzene rings is 1. The van der Waals surface area contributed by atoms with Crippen LogP contribution < -0.4 is 0 Å². The molecule has 10 heavy (non-hydrogen) atoms. The Balaban J connectivity index is 2.59. The van der Waals surface area contributed by atoms with Gasteiger partial charge in [0.25, 0.3) is 0 Å². The van der Waals surface area contributed by atoms with Gasteiger partial charge in [0, 0.05) is 6.42 Å². The van der Waals surface area contributed by atoms with Crippen molar-refractivity contribution >= 4 is 0 Å². The van der Waals surface area contributed by atoms with E-state index < -0.39 is 6.29 Å². The molecule has 0 aliphatic heterocycles. The molecule has 0 saturated carbocycles. The molecule has 0 fully saturated rings. The summed E-state index contributed by atoms with van der Waals surface area (Å²) < 4.78 is 0. The van der Waals surface area contributed by atoms with Crippen molar-refractivity contribution in [1.29, 1.82) is 0 Å². The van der Waals surface area contributed by atoms with Crippen molar-refractivity contribution < 1.29 is 10.2 Å². The third-order valence-electron chi connectivity index (χ3n) is 1.21. The van der Waals surface area contributed by atoms with Gasteiger partial charge in [-0.3, -0.25) is 0 Å². The maximum Gasteiger partial charge on any atom is 0.155 e. The molecule has 1 radical (unpaired) electrons. The van der Waals surface area contributed by atoms with Crippen molar-refractivity contribution in [2.75, 3.05) is 0 Å². The van der Waals surface area contributed by atoms with Gasteiger partial charge in [-0.2, -0.15) is 0 Å². The molecule has 2 heteroatoms. The normalized spacial score (nSPS) is 10.3. The van der Waals surface area contributed by atoms with Crippen molar-refractivity contribution in [3.05, 3.63) is 35.9 Å². The van der Waals surface area contributed by atoms with Crippen molar-refractivity contribution in [1.82, 2.24) is 0 Å². The van der Waals surface area contributed by atoms with Gasteiger partial charge in [0.15, 0.2) is 6.29 Å². The van der Waals surface area contributed by atoms with Crippen LogP contribution in [0.4, 0.5) is 0 Å². The average Bonchev–Trinajstić information content (AvgIpc) is 1.88. The third kappa shape index (κ3) is 2.17. The molecule has 1 aromatic carbocycles. The van der Waals surface area contributed by atoms with Crippen LogP contribution in [0, 0.1) is 6.07 Å². The average molecular weight is 137 g/mol. The Hall–Kier alpha value is -0.860. The van der Waals surface area contributed by atoms with E-state index in [1.165, 1.54) is 0 Å². The minimum atomic E-state index is -1.25. The van der Waals surface area contributed by atoms with E-state index in [0.717, 1.165) is 5.56 Å². The highest BCUT2D eigenvalue weighted by molar-refractivity contribution is 5.13. The van der Waals surface area contributed by atoms with Crippen molar-refractivity contribution in [3.63, 3.8) is 0 Å². The second-order valence-corrected chi connectivity index (χ2v) is 2.09. The number of hydrogen-bond donors (Lipinski definition) is 2. The van der Waals surface area contributed by atoms with Gasteiger partial charge in [-0.15, -0.1) is 0 Å². The van der Waals surface area contributed by atoms with Crippen molar-refractivity contribution in [2.24, 2.45) is 0 Å². The highest BCUT2D eigenvalue weighted by atomic mass is 16.5. The fourth-order valence-electron chi connectivity index (χ4n) is 0.768. The molecule has 0 unspecified atom stereocenters. The molecule has 0 aliphatic carbocycles.